The average Bonchev–Trinajstić information content (AvgIpc) is 3.33. The number of nitrogens with zero attached hydrogens (tertiary/aromatic N) is 4. The van der Waals surface area contributed by atoms with Gasteiger partial charge in [0.1, 0.15) is 17.3 Å². The van der Waals surface area contributed by atoms with E-state index in [1.165, 1.54) is 32.1 Å². The third-order valence-electron chi connectivity index (χ3n) is 7.78. The number of ether oxygens (including phenoxy) is 1. The van der Waals surface area contributed by atoms with Crippen molar-refractivity contribution in [3.05, 3.63) is 71.9 Å². The molecule has 37 heavy (non-hydrogen) atoms. The highest BCUT2D eigenvalue weighted by Gasteiger charge is 2.25. The molecule has 2 heterocycles. The van der Waals surface area contributed by atoms with E-state index in [4.69, 9.17) is 19.9 Å². The molecule has 1 atom stereocenters. The minimum Gasteiger partial charge on any atom is -0.457 e. The number of nitrogens with two attached hydrogens (primary N) is 1. The summed E-state index contributed by atoms with van der Waals surface area (Å²) in [5, 5.41) is 0. The molecule has 1 aliphatic carbocycles. The molecule has 1 aromatic heterocycles. The van der Waals surface area contributed by atoms with E-state index in [-0.39, 0.29) is 6.04 Å². The summed E-state index contributed by atoms with van der Waals surface area (Å²) in [5.74, 6) is 3.24. The zero-order valence-electron chi connectivity index (χ0n) is 22.1. The smallest absolute Gasteiger partial charge is 0.197 e. The lowest BCUT2D eigenvalue weighted by atomic mass is 9.93. The Morgan fingerprint density at radius 3 is 2.68 bits per heavy atom. The monoisotopic (exact) mass is 501 g/mol. The molecule has 3 aromatic rings. The summed E-state index contributed by atoms with van der Waals surface area (Å²) in [6.45, 7) is 6.92. The largest absolute Gasteiger partial charge is 0.457 e. The van der Waals surface area contributed by atoms with Gasteiger partial charge in [0.05, 0.1) is 17.9 Å². The number of rotatable bonds is 10. The van der Waals surface area contributed by atoms with Crippen LogP contribution in [0.1, 0.15) is 68.9 Å². The van der Waals surface area contributed by atoms with Crippen LogP contribution < -0.4 is 10.5 Å². The first-order valence-corrected chi connectivity index (χ1v) is 13.7. The molecule has 7 heteroatoms. The van der Waals surface area contributed by atoms with Gasteiger partial charge in [0.25, 0.3) is 0 Å². The summed E-state index contributed by atoms with van der Waals surface area (Å²) >= 11 is 0. The Morgan fingerprint density at radius 1 is 1.11 bits per heavy atom. The fourth-order valence-electron chi connectivity index (χ4n) is 5.56. The first-order chi connectivity index (χ1) is 18.1. The van der Waals surface area contributed by atoms with Gasteiger partial charge >= 0.3 is 0 Å². The standard InChI is InChI=1S/C30H39N5O2/c1-22(10-9-17-34(25-11-5-3-6-12-25)20-29-23(2)32-21-36-29)35-19-24-18-27(15-16-28(24)33-30(35)31)37-26-13-7-4-8-14-26/h4,7-8,13-16,18,21-22,25H,3,5-6,9-12,17,19-20H2,1-2H3,(H2,31,33). The Labute approximate surface area is 220 Å². The highest BCUT2D eigenvalue weighted by atomic mass is 16.5. The van der Waals surface area contributed by atoms with Crippen molar-refractivity contribution >= 4 is 11.6 Å². The van der Waals surface area contributed by atoms with Crippen molar-refractivity contribution in [2.24, 2.45) is 10.7 Å². The highest BCUT2D eigenvalue weighted by molar-refractivity contribution is 5.84. The second-order valence-electron chi connectivity index (χ2n) is 10.4. The molecule has 0 bridgehead atoms. The van der Waals surface area contributed by atoms with Crippen LogP contribution in [0.25, 0.3) is 0 Å². The van der Waals surface area contributed by atoms with Crippen LogP contribution in [0.3, 0.4) is 0 Å². The van der Waals surface area contributed by atoms with Crippen LogP contribution in [0.5, 0.6) is 11.5 Å². The van der Waals surface area contributed by atoms with Crippen molar-refractivity contribution in [2.45, 2.75) is 84.0 Å². The van der Waals surface area contributed by atoms with E-state index >= 15 is 0 Å². The molecule has 2 aliphatic rings. The first-order valence-electron chi connectivity index (χ1n) is 13.7. The lowest BCUT2D eigenvalue weighted by molar-refractivity contribution is 0.131. The fraction of sp³-hybridized carbons (Fsp3) is 0.467. The van der Waals surface area contributed by atoms with E-state index in [1.54, 1.807) is 6.39 Å². The maximum absolute atomic E-state index is 6.43. The van der Waals surface area contributed by atoms with Crippen molar-refractivity contribution in [3.63, 3.8) is 0 Å². The maximum Gasteiger partial charge on any atom is 0.197 e. The second kappa shape index (κ2) is 11.8. The summed E-state index contributed by atoms with van der Waals surface area (Å²) in [7, 11) is 0. The van der Waals surface area contributed by atoms with Crippen LogP contribution in [-0.2, 0) is 13.1 Å². The number of aromatic nitrogens is 1. The van der Waals surface area contributed by atoms with E-state index in [0.717, 1.165) is 66.7 Å². The summed E-state index contributed by atoms with van der Waals surface area (Å²) in [5.41, 5.74) is 9.49. The fourth-order valence-corrected chi connectivity index (χ4v) is 5.56. The predicted molar refractivity (Wildman–Crippen MR) is 147 cm³/mol. The molecular formula is C30H39N5O2. The van der Waals surface area contributed by atoms with Crippen molar-refractivity contribution in [1.29, 1.82) is 0 Å². The number of aryl methyl sites for hydroxylation is 1. The van der Waals surface area contributed by atoms with Crippen molar-refractivity contribution < 1.29 is 9.15 Å². The van der Waals surface area contributed by atoms with Crippen molar-refractivity contribution in [1.82, 2.24) is 14.8 Å². The quantitative estimate of drug-likeness (QED) is 0.340. The van der Waals surface area contributed by atoms with Gasteiger partial charge in [-0.25, -0.2) is 9.98 Å². The minimum absolute atomic E-state index is 0.288. The van der Waals surface area contributed by atoms with E-state index in [1.807, 2.05) is 49.4 Å². The number of oxazole rings is 1. The van der Waals surface area contributed by atoms with Crippen LogP contribution in [0.4, 0.5) is 5.69 Å². The zero-order valence-corrected chi connectivity index (χ0v) is 22.1. The third-order valence-corrected chi connectivity index (χ3v) is 7.78. The molecule has 5 rings (SSSR count). The average molecular weight is 502 g/mol. The normalized spacial score (nSPS) is 16.9. The topological polar surface area (TPSA) is 80.1 Å². The Morgan fingerprint density at radius 2 is 1.92 bits per heavy atom. The third kappa shape index (κ3) is 6.34. The van der Waals surface area contributed by atoms with Gasteiger partial charge in [-0.3, -0.25) is 4.90 Å². The number of hydrogen-bond acceptors (Lipinski definition) is 7. The van der Waals surface area contributed by atoms with Gasteiger partial charge in [-0.05, 0) is 76.4 Å². The van der Waals surface area contributed by atoms with E-state index in [9.17, 15) is 0 Å². The lowest BCUT2D eigenvalue weighted by Gasteiger charge is -2.36. The van der Waals surface area contributed by atoms with E-state index in [2.05, 4.69) is 27.8 Å². The van der Waals surface area contributed by atoms with Crippen LogP contribution in [0.15, 0.2) is 64.3 Å². The Hall–Kier alpha value is -3.32. The molecule has 0 spiro atoms. The molecular weight excluding hydrogens is 462 g/mol. The molecule has 2 aromatic carbocycles. The number of aliphatic imine (C=N–C) groups is 1. The Kier molecular flexibility index (Phi) is 8.09. The van der Waals surface area contributed by atoms with Crippen LogP contribution in [0, 0.1) is 6.92 Å². The molecule has 1 fully saturated rings. The number of para-hydroxylation sites is 1. The van der Waals surface area contributed by atoms with Gasteiger partial charge in [0.15, 0.2) is 12.4 Å². The maximum atomic E-state index is 6.43. The summed E-state index contributed by atoms with van der Waals surface area (Å²) in [6.07, 6.45) is 10.3. The van der Waals surface area contributed by atoms with E-state index < -0.39 is 0 Å². The zero-order chi connectivity index (χ0) is 25.6. The number of guanidine groups is 1. The van der Waals surface area contributed by atoms with Gasteiger partial charge in [0.2, 0.25) is 0 Å². The molecule has 1 saturated carbocycles. The summed E-state index contributed by atoms with van der Waals surface area (Å²) in [6, 6.07) is 16.8. The molecule has 196 valence electrons. The molecule has 1 aliphatic heterocycles. The van der Waals surface area contributed by atoms with Gasteiger partial charge in [-0.15, -0.1) is 0 Å². The van der Waals surface area contributed by atoms with Gasteiger partial charge in [0, 0.05) is 24.2 Å². The van der Waals surface area contributed by atoms with Gasteiger partial charge in [-0.2, -0.15) is 0 Å². The molecule has 0 saturated heterocycles. The van der Waals surface area contributed by atoms with Gasteiger partial charge in [-0.1, -0.05) is 37.5 Å². The summed E-state index contributed by atoms with van der Waals surface area (Å²) < 4.78 is 11.8. The minimum atomic E-state index is 0.288. The van der Waals surface area contributed by atoms with Crippen molar-refractivity contribution in [3.8, 4) is 11.5 Å². The van der Waals surface area contributed by atoms with Crippen LogP contribution in [-0.4, -0.2) is 39.4 Å². The SMILES string of the molecule is Cc1ncoc1CN(CCCC(C)N1Cc2cc(Oc3ccccc3)ccc2N=C1N)C1CCCCC1. The molecule has 2 N–H and O–H groups in total. The Bertz CT molecular complexity index is 1190. The van der Waals surface area contributed by atoms with Crippen LogP contribution >= 0.6 is 0 Å². The predicted octanol–water partition coefficient (Wildman–Crippen LogP) is 6.54. The first kappa shape index (κ1) is 25.3. The number of benzene rings is 2. The number of hydrogen-bond donors (Lipinski definition) is 1. The molecule has 0 radical (unpaired) electrons. The molecule has 1 unspecified atom stereocenters. The van der Waals surface area contributed by atoms with Crippen LogP contribution in [0.2, 0.25) is 0 Å². The van der Waals surface area contributed by atoms with E-state index in [0.29, 0.717) is 12.0 Å². The highest BCUT2D eigenvalue weighted by Crippen LogP contribution is 2.32. The molecule has 0 amide bonds. The lowest BCUT2D eigenvalue weighted by Crippen LogP contribution is -2.44. The Balaban J connectivity index is 1.20. The van der Waals surface area contributed by atoms with Crippen molar-refractivity contribution in [2.75, 3.05) is 6.54 Å². The summed E-state index contributed by atoms with van der Waals surface area (Å²) in [4.78, 5) is 13.9. The second-order valence-corrected chi connectivity index (χ2v) is 10.4. The molecule has 7 nitrogen and oxygen atoms in total. The number of fused-ring (bicyclic) bond motifs is 1. The van der Waals surface area contributed by atoms with Gasteiger partial charge < -0.3 is 19.8 Å².